The van der Waals surface area contributed by atoms with E-state index < -0.39 is 0 Å². The number of thiophene rings is 1. The number of hydrogen-bond donors (Lipinski definition) is 1. The molecule has 0 saturated carbocycles. The average molecular weight is 450 g/mol. The number of pyridine rings is 1. The average Bonchev–Trinajstić information content (AvgIpc) is 3.51. The summed E-state index contributed by atoms with van der Waals surface area (Å²) in [5, 5.41) is 5.12. The van der Waals surface area contributed by atoms with Gasteiger partial charge in [0.25, 0.3) is 5.91 Å². The molecule has 0 bridgehead atoms. The molecule has 1 fully saturated rings. The van der Waals surface area contributed by atoms with Crippen molar-refractivity contribution in [3.05, 3.63) is 70.3 Å². The number of hydrogen-bond acceptors (Lipinski definition) is 6. The molecule has 31 heavy (non-hydrogen) atoms. The minimum Gasteiger partial charge on any atom is -0.381 e. The van der Waals surface area contributed by atoms with E-state index in [9.17, 15) is 4.79 Å². The number of nitrogens with one attached hydrogen (secondary N) is 1. The van der Waals surface area contributed by atoms with E-state index in [2.05, 4.69) is 39.6 Å². The van der Waals surface area contributed by atoms with Gasteiger partial charge in [-0.25, -0.2) is 4.98 Å². The third-order valence-corrected chi connectivity index (χ3v) is 7.48. The van der Waals surface area contributed by atoms with E-state index in [1.54, 1.807) is 22.7 Å². The zero-order valence-electron chi connectivity index (χ0n) is 17.0. The van der Waals surface area contributed by atoms with Crippen LogP contribution in [0.5, 0.6) is 0 Å². The van der Waals surface area contributed by atoms with Crippen LogP contribution in [0, 0.1) is 5.92 Å². The summed E-state index contributed by atoms with van der Waals surface area (Å²) < 4.78 is 6.55. The molecule has 1 amide bonds. The summed E-state index contributed by atoms with van der Waals surface area (Å²) in [4.78, 5) is 22.8. The summed E-state index contributed by atoms with van der Waals surface area (Å²) in [5.74, 6) is 0.389. The molecule has 0 radical (unpaired) electrons. The molecule has 4 heterocycles. The second-order valence-corrected chi connectivity index (χ2v) is 9.61. The van der Waals surface area contributed by atoms with Gasteiger partial charge in [-0.1, -0.05) is 24.3 Å². The molecular formula is C24H23N3O2S2. The Balaban J connectivity index is 1.34. The molecule has 1 N–H and O–H groups in total. The van der Waals surface area contributed by atoms with Crippen molar-refractivity contribution in [2.24, 2.45) is 5.92 Å². The number of aromatic nitrogens is 2. The monoisotopic (exact) mass is 449 g/mol. The lowest BCUT2D eigenvalue weighted by molar-refractivity contribution is 0.0642. The number of nitrogens with zero attached hydrogens (tertiary/aromatic N) is 2. The Bertz CT molecular complexity index is 1160. The Kier molecular flexibility index (Phi) is 6.06. The van der Waals surface area contributed by atoms with Crippen LogP contribution in [0.1, 0.15) is 34.5 Å². The molecule has 1 aliphatic rings. The fourth-order valence-electron chi connectivity index (χ4n) is 3.91. The van der Waals surface area contributed by atoms with Gasteiger partial charge in [0.1, 0.15) is 5.69 Å². The highest BCUT2D eigenvalue weighted by Gasteiger charge is 2.17. The number of amides is 1. The van der Waals surface area contributed by atoms with Crippen molar-refractivity contribution < 1.29 is 9.53 Å². The fraction of sp³-hybridized carbons (Fsp3) is 0.292. The van der Waals surface area contributed by atoms with Gasteiger partial charge in [-0.05, 0) is 59.4 Å². The zero-order chi connectivity index (χ0) is 21.0. The molecule has 3 aromatic heterocycles. The van der Waals surface area contributed by atoms with Gasteiger partial charge in [0.05, 0.1) is 20.6 Å². The third-order valence-electron chi connectivity index (χ3n) is 5.68. The van der Waals surface area contributed by atoms with E-state index in [0.717, 1.165) is 48.3 Å². The number of carbonyl (C=O) groups is 1. The molecule has 0 spiro atoms. The maximum absolute atomic E-state index is 12.8. The van der Waals surface area contributed by atoms with E-state index in [1.807, 2.05) is 29.2 Å². The van der Waals surface area contributed by atoms with Crippen LogP contribution >= 0.6 is 22.7 Å². The predicted molar refractivity (Wildman–Crippen MR) is 126 cm³/mol. The van der Waals surface area contributed by atoms with Crippen LogP contribution < -0.4 is 5.32 Å². The molecule has 1 saturated heterocycles. The molecule has 0 atom stereocenters. The molecule has 0 unspecified atom stereocenters. The topological polar surface area (TPSA) is 64.1 Å². The van der Waals surface area contributed by atoms with Crippen LogP contribution in [0.3, 0.4) is 0 Å². The Hall–Kier alpha value is -2.61. The van der Waals surface area contributed by atoms with Gasteiger partial charge in [0.2, 0.25) is 0 Å². The van der Waals surface area contributed by atoms with E-state index in [0.29, 0.717) is 18.2 Å². The minimum absolute atomic E-state index is 0.0959. The molecular weight excluding hydrogens is 426 g/mol. The molecule has 158 valence electrons. The quantitative estimate of drug-likeness (QED) is 0.441. The molecule has 5 nitrogen and oxygen atoms in total. The minimum atomic E-state index is -0.0959. The van der Waals surface area contributed by atoms with E-state index >= 15 is 0 Å². The highest BCUT2D eigenvalue weighted by molar-refractivity contribution is 7.17. The summed E-state index contributed by atoms with van der Waals surface area (Å²) in [6.45, 7) is 2.25. The fourth-order valence-corrected chi connectivity index (χ4v) is 5.39. The van der Waals surface area contributed by atoms with Gasteiger partial charge in [-0.15, -0.1) is 22.7 Å². The first kappa shape index (κ1) is 20.3. The number of ether oxygens (including phenoxy) is 1. The van der Waals surface area contributed by atoms with Crippen molar-refractivity contribution in [2.45, 2.75) is 19.3 Å². The lowest BCUT2D eigenvalue weighted by atomic mass is 10.0. The summed E-state index contributed by atoms with van der Waals surface area (Å²) in [5.41, 5.74) is 6.76. The predicted octanol–water partition coefficient (Wildman–Crippen LogP) is 5.17. The summed E-state index contributed by atoms with van der Waals surface area (Å²) in [7, 11) is 0. The van der Waals surface area contributed by atoms with Crippen LogP contribution in [0.4, 0.5) is 0 Å². The summed E-state index contributed by atoms with van der Waals surface area (Å²) >= 11 is 3.32. The molecule has 1 aromatic carbocycles. The van der Waals surface area contributed by atoms with Crippen LogP contribution in [0.25, 0.3) is 20.7 Å². The van der Waals surface area contributed by atoms with Crippen LogP contribution in [-0.4, -0.2) is 35.6 Å². The second-order valence-electron chi connectivity index (χ2n) is 7.81. The van der Waals surface area contributed by atoms with Crippen LogP contribution in [0.2, 0.25) is 0 Å². The van der Waals surface area contributed by atoms with Crippen LogP contribution in [-0.2, 0) is 11.2 Å². The van der Waals surface area contributed by atoms with Crippen molar-refractivity contribution in [3.8, 4) is 10.4 Å². The first-order chi connectivity index (χ1) is 15.3. The number of benzene rings is 1. The van der Waals surface area contributed by atoms with Crippen molar-refractivity contribution >= 4 is 38.8 Å². The Morgan fingerprint density at radius 2 is 1.97 bits per heavy atom. The lowest BCUT2D eigenvalue weighted by Gasteiger charge is -2.22. The SMILES string of the molecule is O=C(NCC1CCOCC1)c1cc(Cc2ccc(-c3cncs3)cc2)c2sccc2n1. The summed E-state index contributed by atoms with van der Waals surface area (Å²) in [6.07, 6.45) is 4.66. The van der Waals surface area contributed by atoms with Crippen molar-refractivity contribution in [2.75, 3.05) is 19.8 Å². The number of rotatable bonds is 6. The number of carbonyl (C=O) groups excluding carboxylic acids is 1. The molecule has 1 aliphatic heterocycles. The molecule has 5 rings (SSSR count). The highest BCUT2D eigenvalue weighted by Crippen LogP contribution is 2.28. The van der Waals surface area contributed by atoms with Gasteiger partial charge in [-0.3, -0.25) is 9.78 Å². The molecule has 7 heteroatoms. The maximum Gasteiger partial charge on any atom is 0.269 e. The first-order valence-electron chi connectivity index (χ1n) is 10.5. The zero-order valence-corrected chi connectivity index (χ0v) is 18.7. The largest absolute Gasteiger partial charge is 0.381 e. The highest BCUT2D eigenvalue weighted by atomic mass is 32.1. The number of thiazole rings is 1. The van der Waals surface area contributed by atoms with Gasteiger partial charge in [-0.2, -0.15) is 0 Å². The van der Waals surface area contributed by atoms with E-state index in [1.165, 1.54) is 16.0 Å². The Morgan fingerprint density at radius 3 is 2.74 bits per heavy atom. The van der Waals surface area contributed by atoms with E-state index in [-0.39, 0.29) is 5.91 Å². The summed E-state index contributed by atoms with van der Waals surface area (Å²) in [6, 6.07) is 12.5. The molecule has 0 aliphatic carbocycles. The van der Waals surface area contributed by atoms with Crippen LogP contribution in [0.15, 0.2) is 53.5 Å². The smallest absolute Gasteiger partial charge is 0.269 e. The third kappa shape index (κ3) is 4.69. The van der Waals surface area contributed by atoms with Gasteiger partial charge in [0.15, 0.2) is 0 Å². The standard InChI is InChI=1S/C24H23N3O2S2/c28-24(26-13-17-5-8-29-9-6-17)21-12-19(23-20(27-21)7-10-30-23)11-16-1-3-18(4-2-16)22-14-25-15-31-22/h1-4,7,10,12,14-15,17H,5-6,8-9,11,13H2,(H,26,28). The Morgan fingerprint density at radius 1 is 1.13 bits per heavy atom. The van der Waals surface area contributed by atoms with Crippen molar-refractivity contribution in [1.82, 2.24) is 15.3 Å². The maximum atomic E-state index is 12.8. The lowest BCUT2D eigenvalue weighted by Crippen LogP contribution is -2.32. The van der Waals surface area contributed by atoms with Crippen molar-refractivity contribution in [1.29, 1.82) is 0 Å². The second kappa shape index (κ2) is 9.26. The normalized spacial score (nSPS) is 14.7. The Labute approximate surface area is 189 Å². The van der Waals surface area contributed by atoms with Gasteiger partial charge >= 0.3 is 0 Å². The van der Waals surface area contributed by atoms with Gasteiger partial charge in [0, 0.05) is 26.0 Å². The number of fused-ring (bicyclic) bond motifs is 1. The van der Waals surface area contributed by atoms with Gasteiger partial charge < -0.3 is 10.1 Å². The molecule has 4 aromatic rings. The van der Waals surface area contributed by atoms with E-state index in [4.69, 9.17) is 4.74 Å². The van der Waals surface area contributed by atoms with Crippen molar-refractivity contribution in [3.63, 3.8) is 0 Å². The first-order valence-corrected chi connectivity index (χ1v) is 12.2.